The van der Waals surface area contributed by atoms with Crippen molar-refractivity contribution in [3.8, 4) is 0 Å². The lowest BCUT2D eigenvalue weighted by Crippen LogP contribution is -2.43. The van der Waals surface area contributed by atoms with Gasteiger partial charge in [0.25, 0.3) is 0 Å². The third kappa shape index (κ3) is 4.80. The molecule has 3 N–H and O–H groups in total. The molecule has 0 radical (unpaired) electrons. The second-order valence-corrected chi connectivity index (χ2v) is 5.65. The molecule has 0 fully saturated rings. The van der Waals surface area contributed by atoms with E-state index >= 15 is 0 Å². The van der Waals surface area contributed by atoms with Crippen LogP contribution >= 0.6 is 11.3 Å². The smallest absolute Gasteiger partial charge is 0.243 e. The number of amides is 1. The molecule has 0 spiro atoms. The van der Waals surface area contributed by atoms with Gasteiger partial charge in [0.15, 0.2) is 5.13 Å². The first-order valence-electron chi connectivity index (χ1n) is 5.49. The molecular weight excluding hydrogens is 238 g/mol. The topological polar surface area (TPSA) is 74.2 Å². The van der Waals surface area contributed by atoms with Gasteiger partial charge in [-0.05, 0) is 6.92 Å². The van der Waals surface area contributed by atoms with Crippen molar-refractivity contribution in [2.45, 2.75) is 26.8 Å². The fourth-order valence-electron chi connectivity index (χ4n) is 1.08. The van der Waals surface area contributed by atoms with Gasteiger partial charge in [0.05, 0.1) is 6.04 Å². The fourth-order valence-corrected chi connectivity index (χ4v) is 1.61. The van der Waals surface area contributed by atoms with E-state index in [1.165, 1.54) is 11.3 Å². The summed E-state index contributed by atoms with van der Waals surface area (Å²) in [6, 6.07) is -0.315. The zero-order valence-corrected chi connectivity index (χ0v) is 11.2. The highest BCUT2D eigenvalue weighted by atomic mass is 32.1. The Morgan fingerprint density at radius 1 is 1.65 bits per heavy atom. The van der Waals surface area contributed by atoms with E-state index in [0.717, 1.165) is 0 Å². The predicted octanol–water partition coefficient (Wildman–Crippen LogP) is 1.08. The number of aromatic nitrogens is 1. The van der Waals surface area contributed by atoms with Gasteiger partial charge in [-0.1, -0.05) is 13.8 Å². The Bertz CT molecular complexity index is 352. The Balaban J connectivity index is 2.37. The molecule has 1 aromatic heterocycles. The molecule has 1 heterocycles. The van der Waals surface area contributed by atoms with Gasteiger partial charge in [-0.2, -0.15) is 0 Å². The molecule has 17 heavy (non-hydrogen) atoms. The maximum Gasteiger partial charge on any atom is 0.243 e. The summed E-state index contributed by atoms with van der Waals surface area (Å²) in [6.45, 7) is 6.32. The van der Waals surface area contributed by atoms with Crippen LogP contribution < -0.4 is 10.6 Å². The number of hydrogen-bond donors (Lipinski definition) is 3. The van der Waals surface area contributed by atoms with Gasteiger partial charge in [0, 0.05) is 30.1 Å². The number of hydrogen-bond acceptors (Lipinski definition) is 5. The lowest BCUT2D eigenvalue weighted by Gasteiger charge is -2.24. The largest absolute Gasteiger partial charge is 0.396 e. The predicted molar refractivity (Wildman–Crippen MR) is 69.1 cm³/mol. The van der Waals surface area contributed by atoms with E-state index in [9.17, 15) is 4.79 Å². The molecule has 0 saturated carbocycles. The van der Waals surface area contributed by atoms with E-state index in [4.69, 9.17) is 5.11 Å². The molecule has 0 bridgehead atoms. The number of carbonyl (C=O) groups excluding carboxylic acids is 1. The van der Waals surface area contributed by atoms with Crippen LogP contribution in [-0.4, -0.2) is 35.2 Å². The van der Waals surface area contributed by atoms with Crippen molar-refractivity contribution in [1.29, 1.82) is 0 Å². The summed E-state index contributed by atoms with van der Waals surface area (Å²) in [5, 5.41) is 17.3. The van der Waals surface area contributed by atoms with E-state index in [-0.39, 0.29) is 24.0 Å². The van der Waals surface area contributed by atoms with E-state index < -0.39 is 0 Å². The minimum atomic E-state index is -0.315. The van der Waals surface area contributed by atoms with Crippen LogP contribution in [-0.2, 0) is 4.79 Å². The van der Waals surface area contributed by atoms with Crippen LogP contribution in [0, 0.1) is 5.41 Å². The van der Waals surface area contributed by atoms with E-state index in [0.29, 0.717) is 11.7 Å². The number of anilines is 1. The van der Waals surface area contributed by atoms with Gasteiger partial charge in [0.1, 0.15) is 0 Å². The number of aliphatic hydroxyl groups is 1. The Hall–Kier alpha value is -0.980. The van der Waals surface area contributed by atoms with E-state index in [2.05, 4.69) is 15.6 Å². The quantitative estimate of drug-likeness (QED) is 0.713. The summed E-state index contributed by atoms with van der Waals surface area (Å²) in [7, 11) is 0. The Morgan fingerprint density at radius 3 is 2.88 bits per heavy atom. The summed E-state index contributed by atoms with van der Waals surface area (Å²) in [4.78, 5) is 15.7. The molecule has 0 aliphatic carbocycles. The highest BCUT2D eigenvalue weighted by Gasteiger charge is 2.20. The van der Waals surface area contributed by atoms with Gasteiger partial charge >= 0.3 is 0 Å². The van der Waals surface area contributed by atoms with Crippen LogP contribution in [0.15, 0.2) is 11.6 Å². The maximum atomic E-state index is 11.7. The molecule has 1 aromatic rings. The standard InChI is InChI=1S/C11H19N3O2S/c1-8(13-6-11(2,3)7-15)9(16)14-10-12-4-5-17-10/h4-5,8,13,15H,6-7H2,1-3H3,(H,12,14,16)/t8-/m1/s1. The van der Waals surface area contributed by atoms with Gasteiger partial charge in [-0.15, -0.1) is 11.3 Å². The minimum Gasteiger partial charge on any atom is -0.396 e. The lowest BCUT2D eigenvalue weighted by atomic mass is 9.94. The number of nitrogens with one attached hydrogen (secondary N) is 2. The monoisotopic (exact) mass is 257 g/mol. The first-order chi connectivity index (χ1) is 7.94. The molecule has 1 atom stereocenters. The molecule has 0 unspecified atom stereocenters. The summed E-state index contributed by atoms with van der Waals surface area (Å²) in [6.07, 6.45) is 1.65. The Labute approximate surface area is 105 Å². The first kappa shape index (κ1) is 14.1. The van der Waals surface area contributed by atoms with Crippen LogP contribution in [0.2, 0.25) is 0 Å². The number of carbonyl (C=O) groups is 1. The third-order valence-corrected chi connectivity index (χ3v) is 3.06. The molecule has 0 aliphatic heterocycles. The van der Waals surface area contributed by atoms with Crippen molar-refractivity contribution in [2.75, 3.05) is 18.5 Å². The molecule has 6 heteroatoms. The molecule has 0 aromatic carbocycles. The van der Waals surface area contributed by atoms with Gasteiger partial charge in [-0.25, -0.2) is 4.98 Å². The van der Waals surface area contributed by atoms with Crippen LogP contribution in [0.3, 0.4) is 0 Å². The molecular formula is C11H19N3O2S. The fraction of sp³-hybridized carbons (Fsp3) is 0.636. The third-order valence-electron chi connectivity index (χ3n) is 2.37. The Kier molecular flexibility index (Phi) is 5.04. The second-order valence-electron chi connectivity index (χ2n) is 4.75. The summed E-state index contributed by atoms with van der Waals surface area (Å²) in [5.41, 5.74) is -0.226. The van der Waals surface area contributed by atoms with Crippen molar-refractivity contribution >= 4 is 22.4 Å². The highest BCUT2D eigenvalue weighted by Crippen LogP contribution is 2.13. The van der Waals surface area contributed by atoms with Crippen LogP contribution in [0.4, 0.5) is 5.13 Å². The molecule has 96 valence electrons. The number of rotatable bonds is 6. The molecule has 5 nitrogen and oxygen atoms in total. The average Bonchev–Trinajstić information content (AvgIpc) is 2.78. The van der Waals surface area contributed by atoms with Crippen molar-refractivity contribution in [1.82, 2.24) is 10.3 Å². The lowest BCUT2D eigenvalue weighted by molar-refractivity contribution is -0.117. The summed E-state index contributed by atoms with van der Waals surface area (Å²) < 4.78 is 0. The SMILES string of the molecule is C[C@@H](NCC(C)(C)CO)C(=O)Nc1nccs1. The Morgan fingerprint density at radius 2 is 2.35 bits per heavy atom. The zero-order valence-electron chi connectivity index (χ0n) is 10.4. The average molecular weight is 257 g/mol. The van der Waals surface area contributed by atoms with E-state index in [1.807, 2.05) is 19.2 Å². The number of aliphatic hydroxyl groups excluding tert-OH is 1. The van der Waals surface area contributed by atoms with Crippen LogP contribution in [0.25, 0.3) is 0 Å². The molecule has 1 amide bonds. The zero-order chi connectivity index (χ0) is 12.9. The van der Waals surface area contributed by atoms with Crippen molar-refractivity contribution in [3.05, 3.63) is 11.6 Å². The molecule has 0 aliphatic rings. The summed E-state index contributed by atoms with van der Waals surface area (Å²) in [5.74, 6) is -0.117. The van der Waals surface area contributed by atoms with Crippen molar-refractivity contribution in [2.24, 2.45) is 5.41 Å². The van der Waals surface area contributed by atoms with Gasteiger partial charge < -0.3 is 15.7 Å². The minimum absolute atomic E-state index is 0.0841. The summed E-state index contributed by atoms with van der Waals surface area (Å²) >= 11 is 1.39. The van der Waals surface area contributed by atoms with Gasteiger partial charge in [-0.3, -0.25) is 4.79 Å². The van der Waals surface area contributed by atoms with Gasteiger partial charge in [0.2, 0.25) is 5.91 Å². The van der Waals surface area contributed by atoms with Crippen LogP contribution in [0.1, 0.15) is 20.8 Å². The van der Waals surface area contributed by atoms with Crippen molar-refractivity contribution < 1.29 is 9.90 Å². The number of thiazole rings is 1. The molecule has 1 rings (SSSR count). The van der Waals surface area contributed by atoms with Crippen LogP contribution in [0.5, 0.6) is 0 Å². The molecule has 0 saturated heterocycles. The number of nitrogens with zero attached hydrogens (tertiary/aromatic N) is 1. The maximum absolute atomic E-state index is 11.7. The van der Waals surface area contributed by atoms with Crippen molar-refractivity contribution in [3.63, 3.8) is 0 Å². The first-order valence-corrected chi connectivity index (χ1v) is 6.37. The highest BCUT2D eigenvalue weighted by molar-refractivity contribution is 7.13. The normalized spacial score (nSPS) is 13.4. The second kappa shape index (κ2) is 6.09. The van der Waals surface area contributed by atoms with E-state index in [1.54, 1.807) is 13.1 Å².